The molecule has 0 amide bonds. The lowest BCUT2D eigenvalue weighted by Gasteiger charge is -2.09. The summed E-state index contributed by atoms with van der Waals surface area (Å²) >= 11 is 0. The van der Waals surface area contributed by atoms with Crippen LogP contribution in [0.3, 0.4) is 0 Å². The first-order valence-corrected chi connectivity index (χ1v) is 5.43. The van der Waals surface area contributed by atoms with Gasteiger partial charge in [-0.1, -0.05) is 42.5 Å². The van der Waals surface area contributed by atoms with E-state index < -0.39 is 0 Å². The minimum absolute atomic E-state index is 0.0982. The highest BCUT2D eigenvalue weighted by Gasteiger charge is 2.06. The van der Waals surface area contributed by atoms with E-state index in [-0.39, 0.29) is 18.5 Å². The van der Waals surface area contributed by atoms with Crippen LogP contribution in [0.1, 0.15) is 11.6 Å². The minimum atomic E-state index is -0.385. The van der Waals surface area contributed by atoms with Crippen LogP contribution in [0.25, 0.3) is 11.1 Å². The van der Waals surface area contributed by atoms with Gasteiger partial charge in [-0.15, -0.1) is 0 Å². The van der Waals surface area contributed by atoms with E-state index in [0.717, 1.165) is 11.1 Å². The molecular weight excluding hydrogens is 217 g/mol. The number of aliphatic hydroxyl groups excluding tert-OH is 1. The Morgan fingerprint density at radius 1 is 1.06 bits per heavy atom. The molecule has 0 aliphatic heterocycles. The van der Waals surface area contributed by atoms with Crippen LogP contribution in [0.4, 0.5) is 4.39 Å². The van der Waals surface area contributed by atoms with Crippen molar-refractivity contribution >= 4 is 0 Å². The molecule has 1 atom stereocenters. The molecule has 2 rings (SSSR count). The fourth-order valence-electron chi connectivity index (χ4n) is 1.71. The Labute approximate surface area is 99.5 Å². The van der Waals surface area contributed by atoms with Gasteiger partial charge in [0.25, 0.3) is 0 Å². The van der Waals surface area contributed by atoms with Crippen molar-refractivity contribution < 1.29 is 9.50 Å². The van der Waals surface area contributed by atoms with Crippen LogP contribution in [0.15, 0.2) is 48.5 Å². The van der Waals surface area contributed by atoms with Crippen LogP contribution < -0.4 is 5.73 Å². The lowest BCUT2D eigenvalue weighted by Crippen LogP contribution is -2.14. The highest BCUT2D eigenvalue weighted by atomic mass is 19.1. The van der Waals surface area contributed by atoms with E-state index in [4.69, 9.17) is 10.8 Å². The topological polar surface area (TPSA) is 46.2 Å². The average molecular weight is 231 g/mol. The summed E-state index contributed by atoms with van der Waals surface area (Å²) in [6, 6.07) is 13.5. The van der Waals surface area contributed by atoms with E-state index in [0.29, 0.717) is 5.56 Å². The molecule has 3 N–H and O–H groups in total. The predicted molar refractivity (Wildman–Crippen MR) is 65.9 cm³/mol. The van der Waals surface area contributed by atoms with E-state index in [1.165, 1.54) is 6.07 Å². The molecule has 2 aromatic carbocycles. The Bertz CT molecular complexity index is 496. The van der Waals surface area contributed by atoms with Crippen LogP contribution >= 0.6 is 0 Å². The maximum Gasteiger partial charge on any atom is 0.131 e. The van der Waals surface area contributed by atoms with Crippen LogP contribution in [0.2, 0.25) is 0 Å². The summed E-state index contributed by atoms with van der Waals surface area (Å²) in [4.78, 5) is 0. The van der Waals surface area contributed by atoms with Crippen molar-refractivity contribution in [2.45, 2.75) is 6.04 Å². The predicted octanol–water partition coefficient (Wildman–Crippen LogP) is 2.48. The van der Waals surface area contributed by atoms with Gasteiger partial charge in [-0.3, -0.25) is 0 Å². The molecule has 0 fully saturated rings. The molecule has 0 aliphatic rings. The number of hydrogen-bond donors (Lipinski definition) is 2. The summed E-state index contributed by atoms with van der Waals surface area (Å²) in [6.07, 6.45) is 0. The average Bonchev–Trinajstić information content (AvgIpc) is 2.39. The van der Waals surface area contributed by atoms with Crippen molar-refractivity contribution in [3.05, 3.63) is 59.9 Å². The Balaban J connectivity index is 2.33. The smallest absolute Gasteiger partial charge is 0.131 e. The van der Waals surface area contributed by atoms with Crippen LogP contribution in [-0.4, -0.2) is 11.7 Å². The summed E-state index contributed by atoms with van der Waals surface area (Å²) in [5.74, 6) is -0.244. The summed E-state index contributed by atoms with van der Waals surface area (Å²) < 4.78 is 13.5. The molecule has 17 heavy (non-hydrogen) atoms. The Hall–Kier alpha value is -1.71. The highest BCUT2D eigenvalue weighted by molar-refractivity contribution is 5.64. The molecule has 0 saturated carbocycles. The van der Waals surface area contributed by atoms with Crippen LogP contribution in [0, 0.1) is 5.82 Å². The third-order valence-electron chi connectivity index (χ3n) is 2.72. The zero-order chi connectivity index (χ0) is 12.3. The molecule has 3 heteroatoms. The first-order valence-electron chi connectivity index (χ1n) is 5.43. The molecule has 2 aromatic rings. The second-order valence-corrected chi connectivity index (χ2v) is 3.89. The van der Waals surface area contributed by atoms with E-state index in [2.05, 4.69) is 0 Å². The number of nitrogens with two attached hydrogens (primary N) is 1. The first-order chi connectivity index (χ1) is 8.22. The SMILES string of the molecule is N[C@@H](CO)c1ccc(-c2ccccc2F)cc1. The number of hydrogen-bond acceptors (Lipinski definition) is 2. The Morgan fingerprint density at radius 3 is 2.29 bits per heavy atom. The second-order valence-electron chi connectivity index (χ2n) is 3.89. The van der Waals surface area contributed by atoms with Crippen molar-refractivity contribution in [3.63, 3.8) is 0 Å². The summed E-state index contributed by atoms with van der Waals surface area (Å²) in [7, 11) is 0. The van der Waals surface area contributed by atoms with E-state index in [9.17, 15) is 4.39 Å². The van der Waals surface area contributed by atoms with Crippen molar-refractivity contribution in [2.75, 3.05) is 6.61 Å². The van der Waals surface area contributed by atoms with Gasteiger partial charge in [0.05, 0.1) is 12.6 Å². The van der Waals surface area contributed by atoms with Crippen molar-refractivity contribution in [2.24, 2.45) is 5.73 Å². The first kappa shape index (κ1) is 11.8. The monoisotopic (exact) mass is 231 g/mol. The Morgan fingerprint density at radius 2 is 1.71 bits per heavy atom. The number of rotatable bonds is 3. The zero-order valence-electron chi connectivity index (χ0n) is 9.31. The molecule has 0 unspecified atom stereocenters. The van der Waals surface area contributed by atoms with Gasteiger partial charge in [0, 0.05) is 5.56 Å². The maximum atomic E-state index is 13.5. The molecule has 0 spiro atoms. The lowest BCUT2D eigenvalue weighted by molar-refractivity contribution is 0.268. The van der Waals surface area contributed by atoms with Gasteiger partial charge in [0.2, 0.25) is 0 Å². The fraction of sp³-hybridized carbons (Fsp3) is 0.143. The molecule has 2 nitrogen and oxygen atoms in total. The molecule has 88 valence electrons. The van der Waals surface area contributed by atoms with Gasteiger partial charge in [0.1, 0.15) is 5.82 Å². The normalized spacial score (nSPS) is 12.4. The number of benzene rings is 2. The molecular formula is C14H14FNO. The van der Waals surface area contributed by atoms with Gasteiger partial charge >= 0.3 is 0 Å². The van der Waals surface area contributed by atoms with Crippen molar-refractivity contribution in [1.29, 1.82) is 0 Å². The van der Waals surface area contributed by atoms with Gasteiger partial charge in [-0.2, -0.15) is 0 Å². The fourth-order valence-corrected chi connectivity index (χ4v) is 1.71. The maximum absolute atomic E-state index is 13.5. The van der Waals surface area contributed by atoms with Crippen LogP contribution in [0.5, 0.6) is 0 Å². The van der Waals surface area contributed by atoms with Crippen molar-refractivity contribution in [3.8, 4) is 11.1 Å². The zero-order valence-corrected chi connectivity index (χ0v) is 9.31. The number of halogens is 1. The Kier molecular flexibility index (Phi) is 3.52. The standard InChI is InChI=1S/C14H14FNO/c15-13-4-2-1-3-12(13)10-5-7-11(8-6-10)14(16)9-17/h1-8,14,17H,9,16H2/t14-/m0/s1. The largest absolute Gasteiger partial charge is 0.394 e. The van der Waals surface area contributed by atoms with Gasteiger partial charge < -0.3 is 10.8 Å². The van der Waals surface area contributed by atoms with Crippen molar-refractivity contribution in [1.82, 2.24) is 0 Å². The summed E-state index contributed by atoms with van der Waals surface area (Å²) in [5, 5.41) is 8.93. The molecule has 0 aromatic heterocycles. The van der Waals surface area contributed by atoms with Crippen LogP contribution in [-0.2, 0) is 0 Å². The molecule has 0 radical (unpaired) electrons. The van der Waals surface area contributed by atoms with E-state index in [1.807, 2.05) is 24.3 Å². The molecule has 0 bridgehead atoms. The van der Waals surface area contributed by atoms with E-state index in [1.54, 1.807) is 18.2 Å². The third-order valence-corrected chi connectivity index (χ3v) is 2.72. The quantitative estimate of drug-likeness (QED) is 0.852. The van der Waals surface area contributed by atoms with Gasteiger partial charge in [-0.05, 0) is 17.2 Å². The summed E-state index contributed by atoms with van der Waals surface area (Å²) in [6.45, 7) is -0.0982. The molecule has 0 aliphatic carbocycles. The highest BCUT2D eigenvalue weighted by Crippen LogP contribution is 2.23. The lowest BCUT2D eigenvalue weighted by atomic mass is 10.0. The second kappa shape index (κ2) is 5.08. The molecule has 0 saturated heterocycles. The van der Waals surface area contributed by atoms with E-state index >= 15 is 0 Å². The molecule has 0 heterocycles. The third kappa shape index (κ3) is 2.52. The van der Waals surface area contributed by atoms with Gasteiger partial charge in [0.15, 0.2) is 0 Å². The summed E-state index contributed by atoms with van der Waals surface area (Å²) in [5.41, 5.74) is 7.90. The number of aliphatic hydroxyl groups is 1. The minimum Gasteiger partial charge on any atom is -0.394 e. The van der Waals surface area contributed by atoms with Gasteiger partial charge in [-0.25, -0.2) is 4.39 Å².